The van der Waals surface area contributed by atoms with Gasteiger partial charge in [0.25, 0.3) is 0 Å². The van der Waals surface area contributed by atoms with Crippen LogP contribution in [0.4, 0.5) is 0 Å². The fourth-order valence-corrected chi connectivity index (χ4v) is 3.20. The Morgan fingerprint density at radius 2 is 1.65 bits per heavy atom. The van der Waals surface area contributed by atoms with Crippen LogP contribution in [0.1, 0.15) is 37.1 Å². The molecule has 2 aromatic rings. The molecule has 0 atom stereocenters. The zero-order valence-electron chi connectivity index (χ0n) is 9.27. The second-order valence-corrected chi connectivity index (χ2v) is 5.18. The minimum Gasteiger partial charge on any atom is -0.293 e. The number of thiophene rings is 1. The van der Waals surface area contributed by atoms with Crippen molar-refractivity contribution >= 4 is 22.9 Å². The average molecular weight is 242 g/mol. The molecule has 0 fully saturated rings. The molecule has 0 spiro atoms. The van der Waals surface area contributed by atoms with Gasteiger partial charge in [0.15, 0.2) is 11.6 Å². The van der Waals surface area contributed by atoms with Gasteiger partial charge in [-0.3, -0.25) is 9.59 Å². The van der Waals surface area contributed by atoms with Crippen LogP contribution in [0.15, 0.2) is 35.7 Å². The van der Waals surface area contributed by atoms with E-state index in [0.29, 0.717) is 11.1 Å². The van der Waals surface area contributed by atoms with Crippen molar-refractivity contribution in [2.45, 2.75) is 12.8 Å². The predicted molar refractivity (Wildman–Crippen MR) is 66.9 cm³/mol. The number of rotatable bonds is 1. The molecule has 0 N–H and O–H groups in total. The number of carbonyl (C=O) groups excluding carboxylic acids is 2. The van der Waals surface area contributed by atoms with Crippen LogP contribution in [0.25, 0.3) is 0 Å². The molecule has 2 nitrogen and oxygen atoms in total. The van der Waals surface area contributed by atoms with Crippen molar-refractivity contribution in [2.24, 2.45) is 0 Å². The lowest BCUT2D eigenvalue weighted by atomic mass is 10.0. The van der Waals surface area contributed by atoms with Crippen LogP contribution in [0.3, 0.4) is 0 Å². The van der Waals surface area contributed by atoms with Gasteiger partial charge in [-0.2, -0.15) is 0 Å². The van der Waals surface area contributed by atoms with E-state index in [0.717, 1.165) is 10.4 Å². The van der Waals surface area contributed by atoms with Gasteiger partial charge in [0.2, 0.25) is 0 Å². The van der Waals surface area contributed by atoms with E-state index in [1.165, 1.54) is 11.3 Å². The molecule has 0 radical (unpaired) electrons. The molecule has 1 heterocycles. The first-order valence-corrected chi connectivity index (χ1v) is 6.29. The highest BCUT2D eigenvalue weighted by Crippen LogP contribution is 2.36. The van der Waals surface area contributed by atoms with Gasteiger partial charge in [0.05, 0.1) is 0 Å². The van der Waals surface area contributed by atoms with Gasteiger partial charge in [-0.15, -0.1) is 11.3 Å². The van der Waals surface area contributed by atoms with Gasteiger partial charge in [-0.05, 0) is 23.9 Å². The van der Waals surface area contributed by atoms with Crippen LogP contribution in [-0.2, 0) is 0 Å². The van der Waals surface area contributed by atoms with E-state index < -0.39 is 5.92 Å². The summed E-state index contributed by atoms with van der Waals surface area (Å²) in [4.78, 5) is 25.3. The summed E-state index contributed by atoms with van der Waals surface area (Å²) in [5.41, 5.74) is 2.23. The number of hydrogen-bond acceptors (Lipinski definition) is 3. The van der Waals surface area contributed by atoms with Gasteiger partial charge in [0.1, 0.15) is 5.92 Å². The third-order valence-corrected chi connectivity index (χ3v) is 4.13. The van der Waals surface area contributed by atoms with Crippen LogP contribution in [-0.4, -0.2) is 11.6 Å². The first-order valence-electron chi connectivity index (χ1n) is 5.41. The van der Waals surface area contributed by atoms with Crippen molar-refractivity contribution < 1.29 is 9.59 Å². The summed E-state index contributed by atoms with van der Waals surface area (Å²) >= 11 is 1.48. The number of Topliss-reactive ketones (excluding diaryl/α,β-unsaturated/α-hetero) is 2. The summed E-state index contributed by atoms with van der Waals surface area (Å²) in [5, 5.41) is 1.97. The van der Waals surface area contributed by atoms with Crippen molar-refractivity contribution in [1.29, 1.82) is 0 Å². The molecule has 0 aliphatic heterocycles. The normalized spacial score (nSPS) is 15.4. The molecule has 0 saturated carbocycles. The molecular formula is C14H10O2S. The molecular weight excluding hydrogens is 232 g/mol. The second kappa shape index (κ2) is 3.64. The Kier molecular flexibility index (Phi) is 2.23. The molecule has 3 heteroatoms. The van der Waals surface area contributed by atoms with Gasteiger partial charge in [-0.25, -0.2) is 0 Å². The highest BCUT2D eigenvalue weighted by Gasteiger charge is 2.39. The minimum atomic E-state index is -0.605. The van der Waals surface area contributed by atoms with E-state index in [4.69, 9.17) is 0 Å². The van der Waals surface area contributed by atoms with Crippen molar-refractivity contribution in [2.75, 3.05) is 0 Å². The van der Waals surface area contributed by atoms with Crippen molar-refractivity contribution in [1.82, 2.24) is 0 Å². The molecule has 3 rings (SSSR count). The van der Waals surface area contributed by atoms with Crippen LogP contribution >= 0.6 is 11.3 Å². The van der Waals surface area contributed by atoms with E-state index in [1.54, 1.807) is 24.3 Å². The molecule has 1 aromatic carbocycles. The largest absolute Gasteiger partial charge is 0.293 e. The molecule has 0 unspecified atom stereocenters. The number of hydrogen-bond donors (Lipinski definition) is 0. The summed E-state index contributed by atoms with van der Waals surface area (Å²) in [6.07, 6.45) is 0. The number of carbonyl (C=O) groups is 2. The standard InChI is InChI=1S/C14H10O2S/c1-8-6-11(17-7-8)12-13(15)9-4-2-3-5-10(9)14(12)16/h2-7,12H,1H3. The molecule has 84 valence electrons. The van der Waals surface area contributed by atoms with Gasteiger partial charge in [-0.1, -0.05) is 24.3 Å². The topological polar surface area (TPSA) is 34.1 Å². The Balaban J connectivity index is 2.12. The maximum atomic E-state index is 12.2. The van der Waals surface area contributed by atoms with Crippen molar-refractivity contribution in [3.05, 3.63) is 57.3 Å². The fourth-order valence-electron chi connectivity index (χ4n) is 2.21. The maximum absolute atomic E-state index is 12.2. The third kappa shape index (κ3) is 1.46. The Morgan fingerprint density at radius 3 is 2.12 bits per heavy atom. The summed E-state index contributed by atoms with van der Waals surface area (Å²) < 4.78 is 0. The van der Waals surface area contributed by atoms with Crippen LogP contribution < -0.4 is 0 Å². The van der Waals surface area contributed by atoms with Gasteiger partial charge in [0, 0.05) is 16.0 Å². The molecule has 0 saturated heterocycles. The Hall–Kier alpha value is -1.74. The minimum absolute atomic E-state index is 0.0625. The molecule has 1 aromatic heterocycles. The molecule has 1 aliphatic carbocycles. The molecule has 1 aliphatic rings. The van der Waals surface area contributed by atoms with Crippen LogP contribution in [0.2, 0.25) is 0 Å². The van der Waals surface area contributed by atoms with Crippen LogP contribution in [0.5, 0.6) is 0 Å². The van der Waals surface area contributed by atoms with Crippen LogP contribution in [0, 0.1) is 6.92 Å². The quantitative estimate of drug-likeness (QED) is 0.719. The number of aryl methyl sites for hydroxylation is 1. The summed E-state index contributed by atoms with van der Waals surface area (Å²) in [6.45, 7) is 1.97. The summed E-state index contributed by atoms with van der Waals surface area (Å²) in [5.74, 6) is -0.731. The van der Waals surface area contributed by atoms with Gasteiger partial charge >= 0.3 is 0 Å². The molecule has 0 bridgehead atoms. The Bertz CT molecular complexity index is 590. The number of fused-ring (bicyclic) bond motifs is 1. The monoisotopic (exact) mass is 242 g/mol. The lowest BCUT2D eigenvalue weighted by molar-refractivity contribution is 0.0892. The lowest BCUT2D eigenvalue weighted by Gasteiger charge is -2.02. The van der Waals surface area contributed by atoms with Gasteiger partial charge < -0.3 is 0 Å². The second-order valence-electron chi connectivity index (χ2n) is 4.23. The van der Waals surface area contributed by atoms with E-state index in [1.807, 2.05) is 18.4 Å². The lowest BCUT2D eigenvalue weighted by Crippen LogP contribution is -2.11. The average Bonchev–Trinajstić information content (AvgIpc) is 2.84. The van der Waals surface area contributed by atoms with Crippen molar-refractivity contribution in [3.8, 4) is 0 Å². The maximum Gasteiger partial charge on any atom is 0.179 e. The van der Waals surface area contributed by atoms with Crippen molar-refractivity contribution in [3.63, 3.8) is 0 Å². The number of ketones is 2. The SMILES string of the molecule is Cc1csc(C2C(=O)c3ccccc3C2=O)c1. The fraction of sp³-hybridized carbons (Fsp3) is 0.143. The highest BCUT2D eigenvalue weighted by atomic mass is 32.1. The van der Waals surface area contributed by atoms with E-state index in [2.05, 4.69) is 0 Å². The van der Waals surface area contributed by atoms with E-state index in [-0.39, 0.29) is 11.6 Å². The smallest absolute Gasteiger partial charge is 0.179 e. The summed E-state index contributed by atoms with van der Waals surface area (Å²) in [6, 6.07) is 8.99. The zero-order valence-corrected chi connectivity index (χ0v) is 10.1. The van der Waals surface area contributed by atoms with E-state index in [9.17, 15) is 9.59 Å². The van der Waals surface area contributed by atoms with E-state index >= 15 is 0 Å². The Morgan fingerprint density at radius 1 is 1.06 bits per heavy atom. The Labute approximate surface area is 103 Å². The third-order valence-electron chi connectivity index (χ3n) is 3.02. The summed E-state index contributed by atoms with van der Waals surface area (Å²) in [7, 11) is 0. The first-order chi connectivity index (χ1) is 8.18. The molecule has 0 amide bonds. The first kappa shape index (κ1) is 10.4. The zero-order chi connectivity index (χ0) is 12.0. The molecule has 17 heavy (non-hydrogen) atoms. The predicted octanol–water partition coefficient (Wildman–Crippen LogP) is 3.22. The number of benzene rings is 1. The highest BCUT2D eigenvalue weighted by molar-refractivity contribution is 7.10.